The molecule has 0 amide bonds. The van der Waals surface area contributed by atoms with Crippen LogP contribution in [0.1, 0.15) is 5.56 Å². The first-order valence-corrected chi connectivity index (χ1v) is 7.60. The van der Waals surface area contributed by atoms with E-state index in [0.717, 1.165) is 33.1 Å². The summed E-state index contributed by atoms with van der Waals surface area (Å²) in [6.07, 6.45) is 2.03. The largest absolute Gasteiger partial charge is 0.496 e. The Morgan fingerprint density at radius 1 is 1.24 bits per heavy atom. The summed E-state index contributed by atoms with van der Waals surface area (Å²) in [5, 5.41) is 8.96. The smallest absolute Gasteiger partial charge is 0.142 e. The third-order valence-electron chi connectivity index (χ3n) is 3.27. The number of imidazole rings is 1. The van der Waals surface area contributed by atoms with E-state index in [4.69, 9.17) is 10.00 Å². The molecule has 5 heteroatoms. The van der Waals surface area contributed by atoms with Crippen LogP contribution < -0.4 is 4.74 Å². The number of hydrogen-bond donors (Lipinski definition) is 1. The second kappa shape index (κ2) is 5.51. The minimum Gasteiger partial charge on any atom is -0.496 e. The van der Waals surface area contributed by atoms with Crippen LogP contribution in [0.25, 0.3) is 22.4 Å². The summed E-state index contributed by atoms with van der Waals surface area (Å²) in [6, 6.07) is 13.6. The van der Waals surface area contributed by atoms with Gasteiger partial charge in [0.1, 0.15) is 11.6 Å². The number of H-pyrrole nitrogens is 1. The van der Waals surface area contributed by atoms with Crippen molar-refractivity contribution in [1.82, 2.24) is 9.97 Å². The van der Waals surface area contributed by atoms with Gasteiger partial charge in [0.05, 0.1) is 35.3 Å². The number of hydrogen-bond acceptors (Lipinski definition) is 4. The van der Waals surface area contributed by atoms with Gasteiger partial charge in [0.15, 0.2) is 0 Å². The van der Waals surface area contributed by atoms with E-state index in [0.29, 0.717) is 5.56 Å². The quantitative estimate of drug-likeness (QED) is 0.746. The third-order valence-corrected chi connectivity index (χ3v) is 4.00. The molecule has 0 aliphatic carbocycles. The molecule has 3 aromatic rings. The third kappa shape index (κ3) is 2.46. The SMILES string of the molecule is COc1ccc(SC)cc1-c1nc2cc(C#N)ccc2[nH]1. The van der Waals surface area contributed by atoms with E-state index < -0.39 is 0 Å². The summed E-state index contributed by atoms with van der Waals surface area (Å²) >= 11 is 1.67. The lowest BCUT2D eigenvalue weighted by Crippen LogP contribution is -1.89. The zero-order valence-corrected chi connectivity index (χ0v) is 12.5. The molecule has 0 atom stereocenters. The Hall–Kier alpha value is -2.45. The van der Waals surface area contributed by atoms with E-state index in [1.54, 1.807) is 31.0 Å². The van der Waals surface area contributed by atoms with Crippen LogP contribution >= 0.6 is 11.8 Å². The minimum absolute atomic E-state index is 0.602. The monoisotopic (exact) mass is 295 g/mol. The summed E-state index contributed by atoms with van der Waals surface area (Å²) in [6.45, 7) is 0. The van der Waals surface area contributed by atoms with Gasteiger partial charge in [-0.15, -0.1) is 11.8 Å². The van der Waals surface area contributed by atoms with Crippen molar-refractivity contribution in [2.24, 2.45) is 0 Å². The highest BCUT2D eigenvalue weighted by molar-refractivity contribution is 7.98. The van der Waals surface area contributed by atoms with Gasteiger partial charge in [-0.1, -0.05) is 0 Å². The van der Waals surface area contributed by atoms with Gasteiger partial charge >= 0.3 is 0 Å². The van der Waals surface area contributed by atoms with Crippen LogP contribution in [-0.2, 0) is 0 Å². The Morgan fingerprint density at radius 3 is 2.81 bits per heavy atom. The number of nitrogens with one attached hydrogen (secondary N) is 1. The first-order chi connectivity index (χ1) is 10.2. The summed E-state index contributed by atoms with van der Waals surface area (Å²) < 4.78 is 5.42. The maximum absolute atomic E-state index is 8.96. The highest BCUT2D eigenvalue weighted by atomic mass is 32.2. The van der Waals surface area contributed by atoms with Crippen molar-refractivity contribution in [3.05, 3.63) is 42.0 Å². The normalized spacial score (nSPS) is 10.5. The molecule has 0 saturated heterocycles. The number of ether oxygens (including phenoxy) is 1. The molecule has 0 radical (unpaired) electrons. The molecule has 2 aromatic carbocycles. The highest BCUT2D eigenvalue weighted by Crippen LogP contribution is 2.32. The van der Waals surface area contributed by atoms with Crippen LogP contribution in [0.4, 0.5) is 0 Å². The van der Waals surface area contributed by atoms with E-state index in [9.17, 15) is 0 Å². The van der Waals surface area contributed by atoms with Crippen molar-refractivity contribution in [2.45, 2.75) is 4.90 Å². The first-order valence-electron chi connectivity index (χ1n) is 6.37. The van der Waals surface area contributed by atoms with Crippen LogP contribution in [0, 0.1) is 11.3 Å². The van der Waals surface area contributed by atoms with E-state index >= 15 is 0 Å². The van der Waals surface area contributed by atoms with E-state index in [-0.39, 0.29) is 0 Å². The first kappa shape index (κ1) is 13.5. The van der Waals surface area contributed by atoms with Crippen LogP contribution in [-0.4, -0.2) is 23.3 Å². The molecular weight excluding hydrogens is 282 g/mol. The average molecular weight is 295 g/mol. The fraction of sp³-hybridized carbons (Fsp3) is 0.125. The molecule has 0 aliphatic rings. The lowest BCUT2D eigenvalue weighted by atomic mass is 10.2. The molecule has 4 nitrogen and oxygen atoms in total. The number of benzene rings is 2. The minimum atomic E-state index is 0.602. The molecule has 1 aromatic heterocycles. The van der Waals surface area contributed by atoms with Crippen molar-refractivity contribution in [3.8, 4) is 23.2 Å². The fourth-order valence-corrected chi connectivity index (χ4v) is 2.64. The number of nitriles is 1. The topological polar surface area (TPSA) is 61.7 Å². The van der Waals surface area contributed by atoms with Gasteiger partial charge in [0.25, 0.3) is 0 Å². The number of thioether (sulfide) groups is 1. The second-order valence-corrected chi connectivity index (χ2v) is 5.38. The molecule has 3 rings (SSSR count). The van der Waals surface area contributed by atoms with Gasteiger partial charge < -0.3 is 9.72 Å². The summed E-state index contributed by atoms with van der Waals surface area (Å²) in [5.74, 6) is 1.51. The highest BCUT2D eigenvalue weighted by Gasteiger charge is 2.12. The van der Waals surface area contributed by atoms with Crippen molar-refractivity contribution < 1.29 is 4.74 Å². The lowest BCUT2D eigenvalue weighted by molar-refractivity contribution is 0.416. The van der Waals surface area contributed by atoms with Gasteiger partial charge in [-0.3, -0.25) is 0 Å². The van der Waals surface area contributed by atoms with Crippen LogP contribution in [0.15, 0.2) is 41.3 Å². The summed E-state index contributed by atoms with van der Waals surface area (Å²) in [7, 11) is 1.65. The predicted molar refractivity (Wildman–Crippen MR) is 84.6 cm³/mol. The molecule has 21 heavy (non-hydrogen) atoms. The van der Waals surface area contributed by atoms with E-state index in [1.165, 1.54) is 0 Å². The van der Waals surface area contributed by atoms with Gasteiger partial charge in [-0.2, -0.15) is 5.26 Å². The number of aromatic amines is 1. The van der Waals surface area contributed by atoms with Gasteiger partial charge in [-0.25, -0.2) is 4.98 Å². The zero-order chi connectivity index (χ0) is 14.8. The van der Waals surface area contributed by atoms with Crippen molar-refractivity contribution in [1.29, 1.82) is 5.26 Å². The Labute approximate surface area is 126 Å². The van der Waals surface area contributed by atoms with Gasteiger partial charge in [-0.05, 0) is 42.7 Å². The molecule has 104 valence electrons. The fourth-order valence-electron chi connectivity index (χ4n) is 2.20. The van der Waals surface area contributed by atoms with Crippen LogP contribution in [0.3, 0.4) is 0 Å². The number of methoxy groups -OCH3 is 1. The van der Waals surface area contributed by atoms with Gasteiger partial charge in [0, 0.05) is 4.90 Å². The van der Waals surface area contributed by atoms with E-state index in [2.05, 4.69) is 16.0 Å². The standard InChI is InChI=1S/C16H13N3OS/c1-20-15-6-4-11(21-2)8-12(15)16-18-13-5-3-10(9-17)7-14(13)19-16/h3-8H,1-2H3,(H,18,19). The Kier molecular flexibility index (Phi) is 3.55. The van der Waals surface area contributed by atoms with Gasteiger partial charge in [0.2, 0.25) is 0 Å². The van der Waals surface area contributed by atoms with Crippen molar-refractivity contribution in [3.63, 3.8) is 0 Å². The Morgan fingerprint density at radius 2 is 2.10 bits per heavy atom. The molecule has 1 heterocycles. The van der Waals surface area contributed by atoms with Crippen LogP contribution in [0.2, 0.25) is 0 Å². The number of aromatic nitrogens is 2. The number of fused-ring (bicyclic) bond motifs is 1. The maximum atomic E-state index is 8.96. The Balaban J connectivity index is 2.18. The maximum Gasteiger partial charge on any atom is 0.142 e. The molecule has 0 saturated carbocycles. The molecule has 0 spiro atoms. The predicted octanol–water partition coefficient (Wildman–Crippen LogP) is 3.83. The van der Waals surface area contributed by atoms with Crippen molar-refractivity contribution >= 4 is 22.8 Å². The molecule has 0 unspecified atom stereocenters. The molecule has 0 bridgehead atoms. The second-order valence-electron chi connectivity index (χ2n) is 4.50. The average Bonchev–Trinajstić information content (AvgIpc) is 2.96. The number of nitrogens with zero attached hydrogens (tertiary/aromatic N) is 2. The van der Waals surface area contributed by atoms with Crippen molar-refractivity contribution in [2.75, 3.05) is 13.4 Å². The molecule has 1 N–H and O–H groups in total. The molecule has 0 fully saturated rings. The van der Waals surface area contributed by atoms with Crippen LogP contribution in [0.5, 0.6) is 5.75 Å². The molecule has 0 aliphatic heterocycles. The number of rotatable bonds is 3. The summed E-state index contributed by atoms with van der Waals surface area (Å²) in [5.41, 5.74) is 3.20. The van der Waals surface area contributed by atoms with E-state index in [1.807, 2.05) is 30.5 Å². The zero-order valence-electron chi connectivity index (χ0n) is 11.7. The lowest BCUT2D eigenvalue weighted by Gasteiger charge is -2.07. The molecular formula is C16H13N3OS. The Bertz CT molecular complexity index is 848. The summed E-state index contributed by atoms with van der Waals surface area (Å²) in [4.78, 5) is 9.00.